The number of alkyl halides is 3. The lowest BCUT2D eigenvalue weighted by Gasteiger charge is -2.13. The summed E-state index contributed by atoms with van der Waals surface area (Å²) in [6.45, 7) is -0.218. The van der Waals surface area contributed by atoms with Crippen molar-refractivity contribution in [2.75, 3.05) is 0 Å². The summed E-state index contributed by atoms with van der Waals surface area (Å²) >= 11 is 0. The van der Waals surface area contributed by atoms with Gasteiger partial charge in [-0.1, -0.05) is 42.5 Å². The fourth-order valence-electron chi connectivity index (χ4n) is 2.29. The summed E-state index contributed by atoms with van der Waals surface area (Å²) in [6.07, 6.45) is -5.01. The van der Waals surface area contributed by atoms with Crippen LogP contribution in [0.1, 0.15) is 22.6 Å². The number of para-hydroxylation sites is 1. The number of nitriles is 1. The first-order chi connectivity index (χ1) is 12.3. The van der Waals surface area contributed by atoms with Crippen molar-refractivity contribution >= 4 is 11.7 Å². The zero-order valence-corrected chi connectivity index (χ0v) is 13.1. The second kappa shape index (κ2) is 7.65. The Morgan fingerprint density at radius 3 is 2.38 bits per heavy atom. The molecule has 0 fully saturated rings. The van der Waals surface area contributed by atoms with Crippen LogP contribution >= 0.6 is 0 Å². The summed E-state index contributed by atoms with van der Waals surface area (Å²) in [6, 6.07) is 12.2. The SMILES string of the molecule is N#CC(C(=O)OCc1ccccc1)c1cccc(C(F)(F)F)c1[N+](=O)[O-]. The number of carbonyl (C=O) groups excluding carboxylic acids is 1. The van der Waals surface area contributed by atoms with Crippen LogP contribution in [0.5, 0.6) is 0 Å². The number of hydrogen-bond donors (Lipinski definition) is 0. The molecule has 0 radical (unpaired) electrons. The summed E-state index contributed by atoms with van der Waals surface area (Å²) < 4.78 is 44.0. The number of hydrogen-bond acceptors (Lipinski definition) is 5. The lowest BCUT2D eigenvalue weighted by atomic mass is 9.95. The molecule has 0 saturated carbocycles. The maximum absolute atomic E-state index is 13.0. The quantitative estimate of drug-likeness (QED) is 0.455. The predicted octanol–water partition coefficient (Wildman–Crippen LogP) is 3.96. The molecule has 0 bridgehead atoms. The highest BCUT2D eigenvalue weighted by Gasteiger charge is 2.42. The average molecular weight is 364 g/mol. The smallest absolute Gasteiger partial charge is 0.423 e. The molecule has 0 aromatic heterocycles. The van der Waals surface area contributed by atoms with E-state index in [2.05, 4.69) is 0 Å². The minimum Gasteiger partial charge on any atom is -0.460 e. The molecular weight excluding hydrogens is 353 g/mol. The molecule has 9 heteroatoms. The van der Waals surface area contributed by atoms with Crippen molar-refractivity contribution in [2.24, 2.45) is 0 Å². The Hall–Kier alpha value is -3.41. The fourth-order valence-corrected chi connectivity index (χ4v) is 2.29. The summed E-state index contributed by atoms with van der Waals surface area (Å²) in [7, 11) is 0. The Morgan fingerprint density at radius 1 is 1.19 bits per heavy atom. The molecule has 6 nitrogen and oxygen atoms in total. The standard InChI is InChI=1S/C17H11F3N2O4/c18-17(19,20)14-8-4-7-12(15(14)22(24)25)13(9-21)16(23)26-10-11-5-2-1-3-6-11/h1-8,13H,10H2. The molecule has 2 aromatic rings. The molecule has 0 amide bonds. The Balaban J connectivity index is 2.36. The van der Waals surface area contributed by atoms with E-state index >= 15 is 0 Å². The minimum atomic E-state index is -5.01. The Kier molecular flexibility index (Phi) is 5.57. The van der Waals surface area contributed by atoms with Crippen LogP contribution in [0.3, 0.4) is 0 Å². The number of esters is 1. The van der Waals surface area contributed by atoms with Gasteiger partial charge in [-0.2, -0.15) is 18.4 Å². The van der Waals surface area contributed by atoms with Gasteiger partial charge in [0.15, 0.2) is 5.92 Å². The van der Waals surface area contributed by atoms with E-state index in [-0.39, 0.29) is 6.61 Å². The van der Waals surface area contributed by atoms with Gasteiger partial charge in [0.05, 0.1) is 16.6 Å². The summed E-state index contributed by atoms with van der Waals surface area (Å²) in [5.41, 5.74) is -2.93. The van der Waals surface area contributed by atoms with Crippen molar-refractivity contribution < 1.29 is 27.6 Å². The lowest BCUT2D eigenvalue weighted by molar-refractivity contribution is -0.388. The van der Waals surface area contributed by atoms with Gasteiger partial charge in [-0.3, -0.25) is 14.9 Å². The average Bonchev–Trinajstić information content (AvgIpc) is 2.60. The van der Waals surface area contributed by atoms with Gasteiger partial charge in [-0.15, -0.1) is 0 Å². The number of carbonyl (C=O) groups is 1. The van der Waals surface area contributed by atoms with Crippen LogP contribution in [0.2, 0.25) is 0 Å². The highest BCUT2D eigenvalue weighted by molar-refractivity contribution is 5.83. The topological polar surface area (TPSA) is 93.2 Å². The first kappa shape index (κ1) is 18.9. The van der Waals surface area contributed by atoms with Gasteiger partial charge < -0.3 is 4.74 Å². The van der Waals surface area contributed by atoms with Gasteiger partial charge >= 0.3 is 12.1 Å². The van der Waals surface area contributed by atoms with Crippen LogP contribution in [0.4, 0.5) is 18.9 Å². The van der Waals surface area contributed by atoms with E-state index < -0.39 is 39.8 Å². The van der Waals surface area contributed by atoms with Crippen LogP contribution in [0.25, 0.3) is 0 Å². The van der Waals surface area contributed by atoms with Gasteiger partial charge in [-0.05, 0) is 11.6 Å². The second-order valence-electron chi connectivity index (χ2n) is 5.15. The van der Waals surface area contributed by atoms with E-state index in [1.54, 1.807) is 30.3 Å². The molecule has 0 spiro atoms. The molecule has 2 aromatic carbocycles. The van der Waals surface area contributed by atoms with Gasteiger partial charge in [0.1, 0.15) is 12.2 Å². The van der Waals surface area contributed by atoms with Gasteiger partial charge in [0, 0.05) is 0 Å². The van der Waals surface area contributed by atoms with E-state index in [0.29, 0.717) is 11.6 Å². The van der Waals surface area contributed by atoms with Crippen molar-refractivity contribution in [3.63, 3.8) is 0 Å². The van der Waals surface area contributed by atoms with E-state index in [0.717, 1.165) is 12.1 Å². The molecule has 1 unspecified atom stereocenters. The molecule has 0 aliphatic carbocycles. The Labute approximate surface area is 145 Å². The number of rotatable bonds is 5. The highest BCUT2D eigenvalue weighted by atomic mass is 19.4. The molecule has 1 atom stereocenters. The monoisotopic (exact) mass is 364 g/mol. The Morgan fingerprint density at radius 2 is 1.85 bits per heavy atom. The number of halogens is 3. The van der Waals surface area contributed by atoms with Crippen molar-refractivity contribution in [1.29, 1.82) is 5.26 Å². The number of nitro benzene ring substituents is 1. The second-order valence-corrected chi connectivity index (χ2v) is 5.15. The van der Waals surface area contributed by atoms with Crippen LogP contribution in [-0.2, 0) is 22.3 Å². The van der Waals surface area contributed by atoms with Crippen LogP contribution in [0.15, 0.2) is 48.5 Å². The third kappa shape index (κ3) is 4.16. The van der Waals surface area contributed by atoms with Crippen LogP contribution < -0.4 is 0 Å². The summed E-state index contributed by atoms with van der Waals surface area (Å²) in [5.74, 6) is -3.03. The Bertz CT molecular complexity index is 861. The van der Waals surface area contributed by atoms with Gasteiger partial charge in [-0.25, -0.2) is 0 Å². The van der Waals surface area contributed by atoms with E-state index in [1.165, 1.54) is 6.07 Å². The maximum atomic E-state index is 13.0. The number of ether oxygens (including phenoxy) is 1. The van der Waals surface area contributed by atoms with Crippen molar-refractivity contribution in [1.82, 2.24) is 0 Å². The first-order valence-electron chi connectivity index (χ1n) is 7.20. The molecule has 0 heterocycles. The predicted molar refractivity (Wildman–Crippen MR) is 82.7 cm³/mol. The van der Waals surface area contributed by atoms with E-state index in [9.17, 15) is 33.3 Å². The molecule has 134 valence electrons. The number of nitrogens with zero attached hydrogens (tertiary/aromatic N) is 2. The molecule has 2 rings (SSSR count). The van der Waals surface area contributed by atoms with Crippen molar-refractivity contribution in [2.45, 2.75) is 18.7 Å². The molecular formula is C17H11F3N2O4. The largest absolute Gasteiger partial charge is 0.460 e. The number of nitro groups is 1. The summed E-state index contributed by atoms with van der Waals surface area (Å²) in [5, 5.41) is 20.3. The minimum absolute atomic E-state index is 0.218. The molecule has 26 heavy (non-hydrogen) atoms. The van der Waals surface area contributed by atoms with Gasteiger partial charge in [0.2, 0.25) is 0 Å². The van der Waals surface area contributed by atoms with Crippen LogP contribution in [-0.4, -0.2) is 10.9 Å². The zero-order valence-electron chi connectivity index (χ0n) is 13.1. The molecule has 0 N–H and O–H groups in total. The first-order valence-corrected chi connectivity index (χ1v) is 7.20. The van der Waals surface area contributed by atoms with Crippen LogP contribution in [0, 0.1) is 21.4 Å². The molecule has 0 saturated heterocycles. The molecule has 0 aliphatic heterocycles. The van der Waals surface area contributed by atoms with Gasteiger partial charge in [0.25, 0.3) is 5.69 Å². The van der Waals surface area contributed by atoms with Crippen molar-refractivity contribution in [3.05, 3.63) is 75.3 Å². The number of benzene rings is 2. The third-order valence-corrected chi connectivity index (χ3v) is 3.45. The lowest BCUT2D eigenvalue weighted by Crippen LogP contribution is -2.18. The maximum Gasteiger partial charge on any atom is 0.423 e. The van der Waals surface area contributed by atoms with E-state index in [1.807, 2.05) is 0 Å². The zero-order chi connectivity index (χ0) is 19.3. The van der Waals surface area contributed by atoms with E-state index in [4.69, 9.17) is 4.74 Å². The summed E-state index contributed by atoms with van der Waals surface area (Å²) in [4.78, 5) is 22.0. The normalized spacial score (nSPS) is 12.1. The highest BCUT2D eigenvalue weighted by Crippen LogP contribution is 2.40. The fraction of sp³-hybridized carbons (Fsp3) is 0.176. The molecule has 0 aliphatic rings. The third-order valence-electron chi connectivity index (χ3n) is 3.45. The van der Waals surface area contributed by atoms with Crippen molar-refractivity contribution in [3.8, 4) is 6.07 Å².